The van der Waals surface area contributed by atoms with Crippen molar-refractivity contribution >= 4 is 11.6 Å². The average Bonchev–Trinajstić information content (AvgIpc) is 2.61. The van der Waals surface area contributed by atoms with E-state index < -0.39 is 6.10 Å². The maximum absolute atomic E-state index is 10.7. The molecule has 1 saturated carbocycles. The van der Waals surface area contributed by atoms with Gasteiger partial charge in [0.2, 0.25) is 0 Å². The molecular weight excluding hydrogens is 306 g/mol. The van der Waals surface area contributed by atoms with Crippen LogP contribution in [0.25, 0.3) is 0 Å². The third-order valence-corrected chi connectivity index (χ3v) is 4.97. The van der Waals surface area contributed by atoms with Crippen molar-refractivity contribution in [3.8, 4) is 0 Å². The second-order valence-electron chi connectivity index (χ2n) is 6.37. The Kier molecular flexibility index (Phi) is 5.71. The molecule has 1 atom stereocenters. The molecule has 1 fully saturated rings. The van der Waals surface area contributed by atoms with Crippen LogP contribution in [-0.2, 0) is 6.54 Å². The first-order chi connectivity index (χ1) is 11.2. The molecule has 2 aromatic rings. The Hall–Kier alpha value is -1.35. The average molecular weight is 330 g/mol. The third kappa shape index (κ3) is 4.35. The van der Waals surface area contributed by atoms with Crippen LogP contribution in [0.4, 0.5) is 0 Å². The minimum Gasteiger partial charge on any atom is -0.384 e. The number of hydrogen-bond acceptors (Lipinski definition) is 2. The van der Waals surface area contributed by atoms with Crippen LogP contribution in [0.5, 0.6) is 0 Å². The van der Waals surface area contributed by atoms with Crippen molar-refractivity contribution in [2.24, 2.45) is 0 Å². The lowest BCUT2D eigenvalue weighted by atomic mass is 9.94. The number of aliphatic hydroxyl groups excluding tert-OH is 1. The molecule has 0 spiro atoms. The van der Waals surface area contributed by atoms with Gasteiger partial charge >= 0.3 is 0 Å². The van der Waals surface area contributed by atoms with Crippen molar-refractivity contribution in [3.05, 3.63) is 70.2 Å². The van der Waals surface area contributed by atoms with E-state index in [0.717, 1.165) is 17.7 Å². The maximum atomic E-state index is 10.7. The van der Waals surface area contributed by atoms with E-state index in [-0.39, 0.29) is 0 Å². The van der Waals surface area contributed by atoms with E-state index in [1.54, 1.807) is 0 Å². The summed E-state index contributed by atoms with van der Waals surface area (Å²) in [5.74, 6) is 0. The molecule has 122 valence electrons. The molecule has 0 aliphatic heterocycles. The van der Waals surface area contributed by atoms with E-state index in [1.165, 1.54) is 37.7 Å². The van der Waals surface area contributed by atoms with Crippen molar-refractivity contribution in [2.45, 2.75) is 50.8 Å². The first kappa shape index (κ1) is 16.5. The van der Waals surface area contributed by atoms with E-state index in [4.69, 9.17) is 11.6 Å². The minimum absolute atomic E-state index is 0.614. The summed E-state index contributed by atoms with van der Waals surface area (Å²) in [6, 6.07) is 16.2. The number of aliphatic hydroxyl groups is 1. The number of nitrogens with one attached hydrogen (secondary N) is 1. The standard InChI is InChI=1S/C20H24ClNO/c21-17-12-10-15(11-13-17)20(23)19-9-5-4-6-16(19)14-22-18-7-2-1-3-8-18/h4-6,9-13,18,20,22-23H,1-3,7-8,14H2/t20-/m1/s1. The van der Waals surface area contributed by atoms with Gasteiger partial charge in [0, 0.05) is 17.6 Å². The molecule has 0 bridgehead atoms. The first-order valence-electron chi connectivity index (χ1n) is 8.49. The van der Waals surface area contributed by atoms with Crippen LogP contribution in [0.15, 0.2) is 48.5 Å². The van der Waals surface area contributed by atoms with Crippen LogP contribution in [0.2, 0.25) is 5.02 Å². The van der Waals surface area contributed by atoms with E-state index in [1.807, 2.05) is 42.5 Å². The Labute approximate surface area is 143 Å². The molecule has 2 nitrogen and oxygen atoms in total. The number of rotatable bonds is 5. The van der Waals surface area contributed by atoms with Gasteiger partial charge < -0.3 is 10.4 Å². The molecule has 1 aliphatic rings. The number of hydrogen-bond donors (Lipinski definition) is 2. The van der Waals surface area contributed by atoms with Gasteiger partial charge in [0.25, 0.3) is 0 Å². The summed E-state index contributed by atoms with van der Waals surface area (Å²) in [5, 5.41) is 15.1. The molecule has 3 heteroatoms. The Morgan fingerprint density at radius 1 is 1.00 bits per heavy atom. The van der Waals surface area contributed by atoms with Gasteiger partial charge in [-0.3, -0.25) is 0 Å². The predicted octanol–water partition coefficient (Wildman–Crippen LogP) is 4.84. The van der Waals surface area contributed by atoms with Gasteiger partial charge in [0.05, 0.1) is 0 Å². The molecule has 0 amide bonds. The zero-order valence-electron chi connectivity index (χ0n) is 13.3. The van der Waals surface area contributed by atoms with Crippen molar-refractivity contribution in [3.63, 3.8) is 0 Å². The summed E-state index contributed by atoms with van der Waals surface area (Å²) in [6.45, 7) is 0.811. The van der Waals surface area contributed by atoms with Gasteiger partial charge in [-0.15, -0.1) is 0 Å². The Bertz CT molecular complexity index is 620. The Morgan fingerprint density at radius 2 is 1.70 bits per heavy atom. The van der Waals surface area contributed by atoms with E-state index >= 15 is 0 Å². The predicted molar refractivity (Wildman–Crippen MR) is 95.7 cm³/mol. The second-order valence-corrected chi connectivity index (χ2v) is 6.81. The van der Waals surface area contributed by atoms with Gasteiger partial charge in [-0.25, -0.2) is 0 Å². The van der Waals surface area contributed by atoms with Gasteiger partial charge in [-0.1, -0.05) is 67.3 Å². The van der Waals surface area contributed by atoms with Gasteiger partial charge in [0.1, 0.15) is 6.10 Å². The SMILES string of the molecule is O[C@H](c1ccc(Cl)cc1)c1ccccc1CNC1CCCCC1. The Morgan fingerprint density at radius 3 is 2.43 bits per heavy atom. The minimum atomic E-state index is -0.614. The van der Waals surface area contributed by atoms with Crippen LogP contribution < -0.4 is 5.32 Å². The normalized spacial score (nSPS) is 17.1. The van der Waals surface area contributed by atoms with Crippen molar-refractivity contribution < 1.29 is 5.11 Å². The highest BCUT2D eigenvalue weighted by atomic mass is 35.5. The fourth-order valence-corrected chi connectivity index (χ4v) is 3.47. The van der Waals surface area contributed by atoms with Gasteiger partial charge in [-0.2, -0.15) is 0 Å². The number of benzene rings is 2. The molecule has 0 radical (unpaired) electrons. The molecule has 0 saturated heterocycles. The molecule has 3 rings (SSSR count). The summed E-state index contributed by atoms with van der Waals surface area (Å²) in [6.07, 6.45) is 5.93. The Balaban J connectivity index is 1.72. The molecule has 23 heavy (non-hydrogen) atoms. The lowest BCUT2D eigenvalue weighted by molar-refractivity contribution is 0.218. The van der Waals surface area contributed by atoms with Gasteiger partial charge in [0.15, 0.2) is 0 Å². The van der Waals surface area contributed by atoms with Crippen LogP contribution in [0, 0.1) is 0 Å². The van der Waals surface area contributed by atoms with Gasteiger partial charge in [-0.05, 0) is 41.7 Å². The quantitative estimate of drug-likeness (QED) is 0.822. The summed E-state index contributed by atoms with van der Waals surface area (Å²) in [4.78, 5) is 0. The summed E-state index contributed by atoms with van der Waals surface area (Å²) in [5.41, 5.74) is 3.01. The van der Waals surface area contributed by atoms with Crippen molar-refractivity contribution in [1.82, 2.24) is 5.32 Å². The van der Waals surface area contributed by atoms with E-state index in [9.17, 15) is 5.11 Å². The topological polar surface area (TPSA) is 32.3 Å². The second kappa shape index (κ2) is 7.96. The molecule has 0 unspecified atom stereocenters. The van der Waals surface area contributed by atoms with Crippen LogP contribution in [0.3, 0.4) is 0 Å². The van der Waals surface area contributed by atoms with Crippen LogP contribution >= 0.6 is 11.6 Å². The van der Waals surface area contributed by atoms with Crippen molar-refractivity contribution in [2.75, 3.05) is 0 Å². The largest absolute Gasteiger partial charge is 0.384 e. The fraction of sp³-hybridized carbons (Fsp3) is 0.400. The lowest BCUT2D eigenvalue weighted by Crippen LogP contribution is -2.30. The molecule has 0 aromatic heterocycles. The maximum Gasteiger partial charge on any atom is 0.104 e. The van der Waals surface area contributed by atoms with Crippen LogP contribution in [0.1, 0.15) is 54.9 Å². The molecule has 2 N–H and O–H groups in total. The first-order valence-corrected chi connectivity index (χ1v) is 8.86. The summed E-state index contributed by atoms with van der Waals surface area (Å²) >= 11 is 5.94. The smallest absolute Gasteiger partial charge is 0.104 e. The summed E-state index contributed by atoms with van der Waals surface area (Å²) < 4.78 is 0. The molecule has 1 aliphatic carbocycles. The molecule has 0 heterocycles. The summed E-state index contributed by atoms with van der Waals surface area (Å²) in [7, 11) is 0. The van der Waals surface area contributed by atoms with E-state index in [0.29, 0.717) is 11.1 Å². The zero-order chi connectivity index (χ0) is 16.1. The number of halogens is 1. The lowest BCUT2D eigenvalue weighted by Gasteiger charge is -2.24. The monoisotopic (exact) mass is 329 g/mol. The highest BCUT2D eigenvalue weighted by Gasteiger charge is 2.16. The fourth-order valence-electron chi connectivity index (χ4n) is 3.35. The van der Waals surface area contributed by atoms with Crippen LogP contribution in [-0.4, -0.2) is 11.1 Å². The van der Waals surface area contributed by atoms with E-state index in [2.05, 4.69) is 11.4 Å². The zero-order valence-corrected chi connectivity index (χ0v) is 14.1. The molecular formula is C20H24ClNO. The van der Waals surface area contributed by atoms with Crippen molar-refractivity contribution in [1.29, 1.82) is 0 Å². The highest BCUT2D eigenvalue weighted by molar-refractivity contribution is 6.30. The highest BCUT2D eigenvalue weighted by Crippen LogP contribution is 2.26. The molecule has 2 aromatic carbocycles. The third-order valence-electron chi connectivity index (χ3n) is 4.72.